The Balaban J connectivity index is 1.46. The van der Waals surface area contributed by atoms with Crippen LogP contribution in [0.4, 0.5) is 29.2 Å². The molecule has 4 rings (SSSR count). The average molecular weight is 500 g/mol. The SMILES string of the molecule is CC1([C@@H](N)CF)CCC2(CCN(c3cnc(Sc4cccnc4C(F)(F)F)c(N)n3)CC2)[C@H]1N. The van der Waals surface area contributed by atoms with E-state index in [9.17, 15) is 17.6 Å². The summed E-state index contributed by atoms with van der Waals surface area (Å²) in [6.45, 7) is 2.75. The minimum Gasteiger partial charge on any atom is -0.381 e. The largest absolute Gasteiger partial charge is 0.434 e. The maximum Gasteiger partial charge on any atom is 0.434 e. The first-order valence-corrected chi connectivity index (χ1v) is 12.0. The Bertz CT molecular complexity index is 1030. The quantitative estimate of drug-likeness (QED) is 0.534. The molecule has 2 aromatic rings. The van der Waals surface area contributed by atoms with Gasteiger partial charge in [-0.15, -0.1) is 0 Å². The lowest BCUT2D eigenvalue weighted by Gasteiger charge is -2.46. The molecule has 1 spiro atoms. The topological polar surface area (TPSA) is 120 Å². The molecule has 1 saturated heterocycles. The summed E-state index contributed by atoms with van der Waals surface area (Å²) in [5.41, 5.74) is 17.3. The highest BCUT2D eigenvalue weighted by Gasteiger charge is 2.55. The maximum absolute atomic E-state index is 13.3. The lowest BCUT2D eigenvalue weighted by molar-refractivity contribution is -0.143. The van der Waals surface area contributed by atoms with Crippen LogP contribution in [0.2, 0.25) is 0 Å². The summed E-state index contributed by atoms with van der Waals surface area (Å²) in [5.74, 6) is 0.618. The van der Waals surface area contributed by atoms with Crippen molar-refractivity contribution >= 4 is 23.4 Å². The number of anilines is 2. The van der Waals surface area contributed by atoms with Crippen LogP contribution in [0.3, 0.4) is 0 Å². The van der Waals surface area contributed by atoms with Crippen LogP contribution in [0.5, 0.6) is 0 Å². The van der Waals surface area contributed by atoms with Crippen LogP contribution in [-0.4, -0.2) is 46.8 Å². The van der Waals surface area contributed by atoms with Gasteiger partial charge in [0.05, 0.1) is 6.20 Å². The van der Waals surface area contributed by atoms with Gasteiger partial charge in [0.15, 0.2) is 11.5 Å². The molecular formula is C22H29F4N7S. The first-order chi connectivity index (χ1) is 16.0. The van der Waals surface area contributed by atoms with Crippen LogP contribution >= 0.6 is 11.8 Å². The molecule has 7 nitrogen and oxygen atoms in total. The fourth-order valence-corrected chi connectivity index (χ4v) is 6.14. The third-order valence-electron chi connectivity index (χ3n) is 7.63. The van der Waals surface area contributed by atoms with Gasteiger partial charge in [-0.1, -0.05) is 18.7 Å². The number of hydrogen-bond donors (Lipinski definition) is 3. The fraction of sp³-hybridized carbons (Fsp3) is 0.591. The van der Waals surface area contributed by atoms with E-state index < -0.39 is 30.0 Å². The minimum absolute atomic E-state index is 0.0545. The van der Waals surface area contributed by atoms with Crippen LogP contribution in [0.25, 0.3) is 0 Å². The van der Waals surface area contributed by atoms with Gasteiger partial charge in [0.1, 0.15) is 17.5 Å². The summed E-state index contributed by atoms with van der Waals surface area (Å²) in [4.78, 5) is 14.1. The van der Waals surface area contributed by atoms with Crippen LogP contribution in [0, 0.1) is 10.8 Å². The first-order valence-electron chi connectivity index (χ1n) is 11.1. The third kappa shape index (κ3) is 4.42. The predicted octanol–water partition coefficient (Wildman–Crippen LogP) is 3.63. The summed E-state index contributed by atoms with van der Waals surface area (Å²) in [7, 11) is 0. The number of nitrogen functional groups attached to an aromatic ring is 1. The van der Waals surface area contributed by atoms with Crippen molar-refractivity contribution < 1.29 is 17.6 Å². The van der Waals surface area contributed by atoms with E-state index in [1.807, 2.05) is 11.8 Å². The van der Waals surface area contributed by atoms with E-state index in [1.54, 1.807) is 0 Å². The van der Waals surface area contributed by atoms with Crippen molar-refractivity contribution in [1.82, 2.24) is 15.0 Å². The molecule has 1 saturated carbocycles. The molecule has 186 valence electrons. The Morgan fingerprint density at radius 2 is 1.91 bits per heavy atom. The van der Waals surface area contributed by atoms with Gasteiger partial charge >= 0.3 is 6.18 Å². The molecule has 0 amide bonds. The lowest BCUT2D eigenvalue weighted by atomic mass is 9.68. The summed E-state index contributed by atoms with van der Waals surface area (Å²) in [6, 6.07) is 1.99. The molecule has 1 aliphatic heterocycles. The van der Waals surface area contributed by atoms with Gasteiger partial charge in [0.2, 0.25) is 0 Å². The molecule has 0 aromatic carbocycles. The molecule has 2 aromatic heterocycles. The van der Waals surface area contributed by atoms with Crippen molar-refractivity contribution in [1.29, 1.82) is 0 Å². The van der Waals surface area contributed by atoms with Gasteiger partial charge in [-0.25, -0.2) is 14.4 Å². The Hall–Kier alpha value is -2.18. The molecule has 0 radical (unpaired) electrons. The van der Waals surface area contributed by atoms with E-state index in [4.69, 9.17) is 17.2 Å². The molecule has 1 aliphatic carbocycles. The van der Waals surface area contributed by atoms with E-state index >= 15 is 0 Å². The maximum atomic E-state index is 13.3. The summed E-state index contributed by atoms with van der Waals surface area (Å²) >= 11 is 0.785. The number of halogens is 4. The molecule has 2 aliphatic rings. The Morgan fingerprint density at radius 3 is 2.53 bits per heavy atom. The molecule has 0 bridgehead atoms. The van der Waals surface area contributed by atoms with Crippen LogP contribution in [0.15, 0.2) is 34.4 Å². The number of hydrogen-bond acceptors (Lipinski definition) is 8. The Labute approximate surface area is 199 Å². The summed E-state index contributed by atoms with van der Waals surface area (Å²) < 4.78 is 53.0. The van der Waals surface area contributed by atoms with Gasteiger partial charge in [-0.3, -0.25) is 4.98 Å². The van der Waals surface area contributed by atoms with Crippen molar-refractivity contribution in [2.75, 3.05) is 30.4 Å². The zero-order valence-corrected chi connectivity index (χ0v) is 19.7. The molecule has 2 fully saturated rings. The smallest absolute Gasteiger partial charge is 0.381 e. The molecule has 34 heavy (non-hydrogen) atoms. The highest BCUT2D eigenvalue weighted by Crippen LogP contribution is 2.55. The number of pyridine rings is 1. The van der Waals surface area contributed by atoms with Crippen LogP contribution < -0.4 is 22.1 Å². The summed E-state index contributed by atoms with van der Waals surface area (Å²) in [5, 5.41) is 0.185. The Morgan fingerprint density at radius 1 is 1.21 bits per heavy atom. The van der Waals surface area contributed by atoms with E-state index in [0.29, 0.717) is 18.9 Å². The van der Waals surface area contributed by atoms with E-state index in [0.717, 1.165) is 43.6 Å². The van der Waals surface area contributed by atoms with Crippen molar-refractivity contribution in [3.63, 3.8) is 0 Å². The molecule has 6 N–H and O–H groups in total. The monoisotopic (exact) mass is 499 g/mol. The number of nitrogens with two attached hydrogens (primary N) is 3. The first kappa shape index (κ1) is 24.9. The second kappa shape index (κ2) is 9.12. The number of rotatable bonds is 5. The predicted molar refractivity (Wildman–Crippen MR) is 123 cm³/mol. The Kier molecular flexibility index (Phi) is 6.69. The lowest BCUT2D eigenvalue weighted by Crippen LogP contribution is -2.57. The van der Waals surface area contributed by atoms with Gasteiger partial charge in [-0.2, -0.15) is 13.2 Å². The third-order valence-corrected chi connectivity index (χ3v) is 8.68. The van der Waals surface area contributed by atoms with Gasteiger partial charge in [-0.05, 0) is 43.2 Å². The number of alkyl halides is 4. The molecule has 3 atom stereocenters. The number of aromatic nitrogens is 3. The molecule has 12 heteroatoms. The molecular weight excluding hydrogens is 470 g/mol. The standard InChI is InChI=1S/C22H29F4N7S/c1-20(14(27)11-23)4-5-21(19(20)29)6-9-33(10-7-21)15-12-31-18(17(28)32-15)34-13-3-2-8-30-16(13)22(24,25)26/h2-3,8,12,14,19H,4-7,9-11,27,29H2,1H3,(H2,28,32)/t14-,19-,20?/m0/s1. The van der Waals surface area contributed by atoms with E-state index in [2.05, 4.69) is 15.0 Å². The molecule has 3 heterocycles. The second-order valence-electron chi connectivity index (χ2n) is 9.46. The average Bonchev–Trinajstić information content (AvgIpc) is 3.06. The van der Waals surface area contributed by atoms with Gasteiger partial charge < -0.3 is 22.1 Å². The zero-order valence-electron chi connectivity index (χ0n) is 18.9. The highest BCUT2D eigenvalue weighted by molar-refractivity contribution is 7.99. The van der Waals surface area contributed by atoms with Gasteiger partial charge in [0, 0.05) is 41.7 Å². The van der Waals surface area contributed by atoms with Crippen molar-refractivity contribution in [3.05, 3.63) is 30.2 Å². The van der Waals surface area contributed by atoms with Gasteiger partial charge in [0.25, 0.3) is 0 Å². The summed E-state index contributed by atoms with van der Waals surface area (Å²) in [6.07, 6.45) is 1.36. The van der Waals surface area contributed by atoms with Crippen LogP contribution in [0.1, 0.15) is 38.3 Å². The molecule has 1 unspecified atom stereocenters. The number of nitrogens with zero attached hydrogens (tertiary/aromatic N) is 4. The van der Waals surface area contributed by atoms with E-state index in [-0.39, 0.29) is 27.2 Å². The fourth-order valence-electron chi connectivity index (χ4n) is 5.27. The van der Waals surface area contributed by atoms with Crippen molar-refractivity contribution in [2.45, 2.75) is 60.8 Å². The highest BCUT2D eigenvalue weighted by atomic mass is 32.2. The second-order valence-corrected chi connectivity index (χ2v) is 10.5. The van der Waals surface area contributed by atoms with Crippen LogP contribution in [-0.2, 0) is 6.18 Å². The minimum atomic E-state index is -4.58. The number of piperidine rings is 1. The zero-order chi connectivity index (χ0) is 24.7. The van der Waals surface area contributed by atoms with Crippen molar-refractivity contribution in [3.8, 4) is 0 Å². The normalized spacial score (nSPS) is 25.6. The van der Waals surface area contributed by atoms with E-state index in [1.165, 1.54) is 18.3 Å². The van der Waals surface area contributed by atoms with Crippen molar-refractivity contribution in [2.24, 2.45) is 22.3 Å².